The first-order valence-electron chi connectivity index (χ1n) is 4.34. The number of rotatable bonds is 4. The Hall–Kier alpha value is -0.900. The van der Waals surface area contributed by atoms with Gasteiger partial charge in [0.1, 0.15) is 0 Å². The molecule has 0 aliphatic heterocycles. The van der Waals surface area contributed by atoms with Crippen molar-refractivity contribution in [2.24, 2.45) is 0 Å². The van der Waals surface area contributed by atoms with Gasteiger partial charge in [-0.1, -0.05) is 30.3 Å². The lowest BCUT2D eigenvalue weighted by Crippen LogP contribution is -2.33. The van der Waals surface area contributed by atoms with E-state index >= 15 is 0 Å². The molecule has 1 atom stereocenters. The zero-order valence-electron chi connectivity index (χ0n) is 8.07. The molecule has 3 heteroatoms. The summed E-state index contributed by atoms with van der Waals surface area (Å²) in [6, 6.07) is 9.63. The van der Waals surface area contributed by atoms with E-state index in [1.807, 2.05) is 49.4 Å². The minimum atomic E-state index is -0.441. The average Bonchev–Trinajstić information content (AvgIpc) is 2.15. The molecule has 0 saturated carbocycles. The molecular weight excluding hydrogens is 164 g/mol. The summed E-state index contributed by atoms with van der Waals surface area (Å²) < 4.78 is 0. The van der Waals surface area contributed by atoms with Crippen molar-refractivity contribution >= 4 is 0 Å². The van der Waals surface area contributed by atoms with E-state index in [0.29, 0.717) is 6.54 Å². The lowest BCUT2D eigenvalue weighted by atomic mass is 10.1. The van der Waals surface area contributed by atoms with Crippen LogP contribution in [0, 0.1) is 0 Å². The maximum atomic E-state index is 9.68. The third-order valence-corrected chi connectivity index (χ3v) is 1.79. The first-order chi connectivity index (χ1) is 6.20. The van der Waals surface area contributed by atoms with Crippen LogP contribution in [0.25, 0.3) is 0 Å². The Balaban J connectivity index is 2.44. The Kier molecular flexibility index (Phi) is 3.89. The number of nitrogens with zero attached hydrogens (tertiary/aromatic N) is 1. The SMILES string of the molecule is CN(C)NCC(O)c1ccccc1. The molecule has 0 heterocycles. The predicted octanol–water partition coefficient (Wildman–Crippen LogP) is 0.786. The van der Waals surface area contributed by atoms with Crippen LogP contribution < -0.4 is 5.43 Å². The van der Waals surface area contributed by atoms with Crippen LogP contribution in [0.2, 0.25) is 0 Å². The molecule has 3 nitrogen and oxygen atoms in total. The van der Waals surface area contributed by atoms with Gasteiger partial charge in [0.2, 0.25) is 0 Å². The molecule has 2 N–H and O–H groups in total. The highest BCUT2D eigenvalue weighted by molar-refractivity contribution is 5.17. The number of hydrogen-bond acceptors (Lipinski definition) is 3. The molecule has 0 aromatic heterocycles. The monoisotopic (exact) mass is 180 g/mol. The van der Waals surface area contributed by atoms with Crippen molar-refractivity contribution in [2.75, 3.05) is 20.6 Å². The first-order valence-corrected chi connectivity index (χ1v) is 4.34. The van der Waals surface area contributed by atoms with Crippen molar-refractivity contribution in [2.45, 2.75) is 6.10 Å². The maximum absolute atomic E-state index is 9.68. The minimum Gasteiger partial charge on any atom is -0.387 e. The maximum Gasteiger partial charge on any atom is 0.0928 e. The Labute approximate surface area is 79.0 Å². The highest BCUT2D eigenvalue weighted by atomic mass is 16.3. The quantitative estimate of drug-likeness (QED) is 0.672. The van der Waals surface area contributed by atoms with E-state index in [2.05, 4.69) is 5.43 Å². The Morgan fingerprint density at radius 2 is 1.92 bits per heavy atom. The van der Waals surface area contributed by atoms with Crippen molar-refractivity contribution in [1.29, 1.82) is 0 Å². The molecule has 0 radical (unpaired) electrons. The summed E-state index contributed by atoms with van der Waals surface area (Å²) in [5, 5.41) is 11.5. The van der Waals surface area contributed by atoms with Gasteiger partial charge < -0.3 is 5.11 Å². The highest BCUT2D eigenvalue weighted by Crippen LogP contribution is 2.10. The van der Waals surface area contributed by atoms with E-state index in [1.165, 1.54) is 0 Å². The standard InChI is InChI=1S/C10H16N2O/c1-12(2)11-8-10(13)9-6-4-3-5-7-9/h3-7,10-11,13H,8H2,1-2H3. The topological polar surface area (TPSA) is 35.5 Å². The molecule has 1 unspecified atom stereocenters. The fourth-order valence-electron chi connectivity index (χ4n) is 1.06. The van der Waals surface area contributed by atoms with E-state index in [9.17, 15) is 5.11 Å². The number of aliphatic hydroxyl groups excluding tert-OH is 1. The van der Waals surface area contributed by atoms with Gasteiger partial charge in [0.05, 0.1) is 6.10 Å². The molecule has 0 bridgehead atoms. The van der Waals surface area contributed by atoms with Crippen LogP contribution in [0.15, 0.2) is 30.3 Å². The van der Waals surface area contributed by atoms with Crippen LogP contribution >= 0.6 is 0 Å². The van der Waals surface area contributed by atoms with E-state index in [4.69, 9.17) is 0 Å². The van der Waals surface area contributed by atoms with Crippen LogP contribution in [0.3, 0.4) is 0 Å². The van der Waals surface area contributed by atoms with E-state index in [-0.39, 0.29) is 0 Å². The van der Waals surface area contributed by atoms with Gasteiger partial charge in [-0.05, 0) is 5.56 Å². The van der Waals surface area contributed by atoms with Crippen molar-refractivity contribution in [1.82, 2.24) is 10.4 Å². The number of hydrogen-bond donors (Lipinski definition) is 2. The third-order valence-electron chi connectivity index (χ3n) is 1.79. The Morgan fingerprint density at radius 1 is 1.31 bits per heavy atom. The van der Waals surface area contributed by atoms with Crippen LogP contribution in [0.1, 0.15) is 11.7 Å². The zero-order chi connectivity index (χ0) is 9.68. The fraction of sp³-hybridized carbons (Fsp3) is 0.400. The van der Waals surface area contributed by atoms with Crippen LogP contribution in [0.4, 0.5) is 0 Å². The molecule has 1 rings (SSSR count). The van der Waals surface area contributed by atoms with Gasteiger partial charge in [0.15, 0.2) is 0 Å². The Morgan fingerprint density at radius 3 is 2.46 bits per heavy atom. The molecule has 13 heavy (non-hydrogen) atoms. The van der Waals surface area contributed by atoms with Gasteiger partial charge in [-0.3, -0.25) is 10.4 Å². The largest absolute Gasteiger partial charge is 0.387 e. The highest BCUT2D eigenvalue weighted by Gasteiger charge is 2.05. The van der Waals surface area contributed by atoms with Gasteiger partial charge in [-0.2, -0.15) is 0 Å². The van der Waals surface area contributed by atoms with E-state index in [0.717, 1.165) is 5.56 Å². The molecule has 0 amide bonds. The van der Waals surface area contributed by atoms with Gasteiger partial charge >= 0.3 is 0 Å². The number of benzene rings is 1. The molecule has 0 aliphatic carbocycles. The van der Waals surface area contributed by atoms with Crippen molar-refractivity contribution in [3.8, 4) is 0 Å². The summed E-state index contributed by atoms with van der Waals surface area (Å²) in [4.78, 5) is 0. The average molecular weight is 180 g/mol. The second-order valence-electron chi connectivity index (χ2n) is 3.18. The van der Waals surface area contributed by atoms with Crippen LogP contribution in [0.5, 0.6) is 0 Å². The Bertz CT molecular complexity index is 236. The molecule has 0 aliphatic rings. The second kappa shape index (κ2) is 4.97. The second-order valence-corrected chi connectivity index (χ2v) is 3.18. The summed E-state index contributed by atoms with van der Waals surface area (Å²) in [5.41, 5.74) is 3.97. The molecule has 0 spiro atoms. The van der Waals surface area contributed by atoms with Crippen molar-refractivity contribution in [3.05, 3.63) is 35.9 Å². The lowest BCUT2D eigenvalue weighted by molar-refractivity contribution is 0.141. The number of hydrazine groups is 1. The molecule has 0 fully saturated rings. The summed E-state index contributed by atoms with van der Waals surface area (Å²) in [6.45, 7) is 0.539. The van der Waals surface area contributed by atoms with Gasteiger partial charge in [0.25, 0.3) is 0 Å². The van der Waals surface area contributed by atoms with Gasteiger partial charge in [0, 0.05) is 20.6 Å². The molecule has 0 saturated heterocycles. The fourth-order valence-corrected chi connectivity index (χ4v) is 1.06. The molecule has 1 aromatic carbocycles. The summed E-state index contributed by atoms with van der Waals surface area (Å²) in [5.74, 6) is 0. The van der Waals surface area contributed by atoms with Crippen molar-refractivity contribution in [3.63, 3.8) is 0 Å². The van der Waals surface area contributed by atoms with Crippen molar-refractivity contribution < 1.29 is 5.11 Å². The molecule has 1 aromatic rings. The van der Waals surface area contributed by atoms with Crippen LogP contribution in [-0.2, 0) is 0 Å². The number of aliphatic hydroxyl groups is 1. The normalized spacial score (nSPS) is 13.2. The minimum absolute atomic E-state index is 0.441. The van der Waals surface area contributed by atoms with Crippen LogP contribution in [-0.4, -0.2) is 30.8 Å². The smallest absolute Gasteiger partial charge is 0.0928 e. The summed E-state index contributed by atoms with van der Waals surface area (Å²) >= 11 is 0. The van der Waals surface area contributed by atoms with E-state index < -0.39 is 6.10 Å². The third kappa shape index (κ3) is 3.55. The molecule has 72 valence electrons. The first kappa shape index (κ1) is 10.2. The predicted molar refractivity (Wildman–Crippen MR) is 53.1 cm³/mol. The summed E-state index contributed by atoms with van der Waals surface area (Å²) in [6.07, 6.45) is -0.441. The van der Waals surface area contributed by atoms with E-state index in [1.54, 1.807) is 0 Å². The zero-order valence-corrected chi connectivity index (χ0v) is 8.07. The van der Waals surface area contributed by atoms with Gasteiger partial charge in [-0.25, -0.2) is 0 Å². The summed E-state index contributed by atoms with van der Waals surface area (Å²) in [7, 11) is 3.80. The molecular formula is C10H16N2O. The number of nitrogens with one attached hydrogen (secondary N) is 1. The lowest BCUT2D eigenvalue weighted by Gasteiger charge is -2.16. The van der Waals surface area contributed by atoms with Gasteiger partial charge in [-0.15, -0.1) is 0 Å².